The Kier molecular flexibility index (Phi) is 11.1. The highest BCUT2D eigenvalue weighted by atomic mass is 16.5. The highest BCUT2D eigenvalue weighted by molar-refractivity contribution is 5.45. The van der Waals surface area contributed by atoms with E-state index in [4.69, 9.17) is 4.74 Å². The fourth-order valence-corrected chi connectivity index (χ4v) is 3.06. The number of benzene rings is 1. The molecule has 0 heterocycles. The third kappa shape index (κ3) is 8.45. The highest BCUT2D eigenvalue weighted by Crippen LogP contribution is 2.21. The Labute approximate surface area is 156 Å². The summed E-state index contributed by atoms with van der Waals surface area (Å²) in [5.74, 6) is 7.65. The second kappa shape index (κ2) is 12.8. The molecule has 1 aromatic rings. The zero-order valence-electron chi connectivity index (χ0n) is 17.0. The van der Waals surface area contributed by atoms with E-state index in [1.54, 1.807) is 7.11 Å². The summed E-state index contributed by atoms with van der Waals surface area (Å²) in [6.45, 7) is 4.48. The number of hydrogen-bond donors (Lipinski definition) is 0. The molecule has 0 aliphatic rings. The second-order valence-corrected chi connectivity index (χ2v) is 7.08. The maximum atomic E-state index is 5.43. The Hall–Kier alpha value is -1.46. The molecule has 2 nitrogen and oxygen atoms in total. The van der Waals surface area contributed by atoms with Gasteiger partial charge in [0.2, 0.25) is 0 Å². The molecule has 0 aliphatic carbocycles. The van der Waals surface area contributed by atoms with Crippen LogP contribution in [0.3, 0.4) is 0 Å². The zero-order valence-corrected chi connectivity index (χ0v) is 17.0. The predicted molar refractivity (Wildman–Crippen MR) is 109 cm³/mol. The minimum absolute atomic E-state index is 0.638. The van der Waals surface area contributed by atoms with Crippen molar-refractivity contribution in [2.24, 2.45) is 0 Å². The first kappa shape index (κ1) is 21.6. The molecule has 0 spiro atoms. The van der Waals surface area contributed by atoms with Crippen LogP contribution in [0.5, 0.6) is 5.75 Å². The first-order chi connectivity index (χ1) is 12.1. The molecule has 0 amide bonds. The van der Waals surface area contributed by atoms with E-state index in [1.165, 1.54) is 56.1 Å². The smallest absolute Gasteiger partial charge is 0.119 e. The Balaban J connectivity index is 2.79. The largest absolute Gasteiger partial charge is 0.497 e. The van der Waals surface area contributed by atoms with Crippen LogP contribution in [0.1, 0.15) is 76.3 Å². The van der Waals surface area contributed by atoms with Crippen LogP contribution in [0.2, 0.25) is 0 Å². The standard InChI is InChI=1S/C23H37NO/c1-6-8-10-12-13-20-16-18-23(25-5)19-21(20)15-17-22(24(3)4)14-11-9-7-2/h16,18-19,22H,6-11,14-15,17H2,1-5H3. The van der Waals surface area contributed by atoms with Gasteiger partial charge in [-0.15, -0.1) is 0 Å². The first-order valence-corrected chi connectivity index (χ1v) is 9.94. The number of ether oxygens (including phenoxy) is 1. The molecule has 0 saturated heterocycles. The molecular formula is C23H37NO. The fourth-order valence-electron chi connectivity index (χ4n) is 3.06. The van der Waals surface area contributed by atoms with Crippen LogP contribution in [0.15, 0.2) is 18.2 Å². The van der Waals surface area contributed by atoms with Gasteiger partial charge in [0, 0.05) is 18.0 Å². The topological polar surface area (TPSA) is 12.5 Å². The minimum atomic E-state index is 0.638. The lowest BCUT2D eigenvalue weighted by molar-refractivity contribution is 0.258. The summed E-state index contributed by atoms with van der Waals surface area (Å²) >= 11 is 0. The van der Waals surface area contributed by atoms with Gasteiger partial charge < -0.3 is 9.64 Å². The van der Waals surface area contributed by atoms with E-state index < -0.39 is 0 Å². The molecule has 2 heteroatoms. The summed E-state index contributed by atoms with van der Waals surface area (Å²) < 4.78 is 5.43. The van der Waals surface area contributed by atoms with Gasteiger partial charge in [0.15, 0.2) is 0 Å². The lowest BCUT2D eigenvalue weighted by atomic mass is 9.96. The second-order valence-electron chi connectivity index (χ2n) is 7.08. The Morgan fingerprint density at radius 2 is 1.80 bits per heavy atom. The molecule has 0 aliphatic heterocycles. The molecule has 1 rings (SSSR count). The maximum absolute atomic E-state index is 5.43. The van der Waals surface area contributed by atoms with E-state index in [1.807, 2.05) is 6.07 Å². The van der Waals surface area contributed by atoms with Crippen molar-refractivity contribution < 1.29 is 4.74 Å². The third-order valence-corrected chi connectivity index (χ3v) is 4.81. The summed E-state index contributed by atoms with van der Waals surface area (Å²) in [5, 5.41) is 0. The van der Waals surface area contributed by atoms with Gasteiger partial charge in [-0.25, -0.2) is 0 Å². The van der Waals surface area contributed by atoms with E-state index in [0.717, 1.165) is 18.6 Å². The van der Waals surface area contributed by atoms with E-state index >= 15 is 0 Å². The summed E-state index contributed by atoms with van der Waals surface area (Å²) in [5.41, 5.74) is 2.49. The van der Waals surface area contributed by atoms with Crippen molar-refractivity contribution in [1.82, 2.24) is 4.90 Å². The predicted octanol–water partition coefficient (Wildman–Crippen LogP) is 5.68. The Morgan fingerprint density at radius 1 is 1.04 bits per heavy atom. The van der Waals surface area contributed by atoms with Crippen molar-refractivity contribution in [3.8, 4) is 17.6 Å². The number of hydrogen-bond acceptors (Lipinski definition) is 2. The van der Waals surface area contributed by atoms with Gasteiger partial charge in [0.1, 0.15) is 5.75 Å². The van der Waals surface area contributed by atoms with Crippen molar-refractivity contribution in [1.29, 1.82) is 0 Å². The van der Waals surface area contributed by atoms with Crippen molar-refractivity contribution in [3.05, 3.63) is 29.3 Å². The molecule has 1 aromatic carbocycles. The molecule has 0 radical (unpaired) electrons. The van der Waals surface area contributed by atoms with Crippen molar-refractivity contribution in [2.75, 3.05) is 21.2 Å². The number of nitrogens with zero attached hydrogens (tertiary/aromatic N) is 1. The average molecular weight is 344 g/mol. The quantitative estimate of drug-likeness (QED) is 0.378. The van der Waals surface area contributed by atoms with Gasteiger partial charge >= 0.3 is 0 Å². The van der Waals surface area contributed by atoms with Crippen molar-refractivity contribution >= 4 is 0 Å². The summed E-state index contributed by atoms with van der Waals surface area (Å²) in [4.78, 5) is 2.38. The van der Waals surface area contributed by atoms with Crippen molar-refractivity contribution in [3.63, 3.8) is 0 Å². The van der Waals surface area contributed by atoms with Crippen LogP contribution in [0, 0.1) is 11.8 Å². The van der Waals surface area contributed by atoms with Gasteiger partial charge in [-0.3, -0.25) is 0 Å². The normalized spacial score (nSPS) is 11.9. The lowest BCUT2D eigenvalue weighted by Crippen LogP contribution is -2.28. The Bertz CT molecular complexity index is 539. The molecule has 0 fully saturated rings. The molecule has 0 N–H and O–H groups in total. The van der Waals surface area contributed by atoms with Gasteiger partial charge in [-0.05, 0) is 63.5 Å². The van der Waals surface area contributed by atoms with E-state index in [-0.39, 0.29) is 0 Å². The van der Waals surface area contributed by atoms with E-state index in [0.29, 0.717) is 6.04 Å². The molecule has 25 heavy (non-hydrogen) atoms. The van der Waals surface area contributed by atoms with E-state index in [2.05, 4.69) is 56.8 Å². The summed E-state index contributed by atoms with van der Waals surface area (Å²) in [6.07, 6.45) is 10.8. The SMILES string of the molecule is CCCCC#Cc1ccc(OC)cc1CCC(CCCCC)N(C)C. The van der Waals surface area contributed by atoms with Gasteiger partial charge in [0.05, 0.1) is 7.11 Å². The zero-order chi connectivity index (χ0) is 18.5. The average Bonchev–Trinajstić information content (AvgIpc) is 2.62. The minimum Gasteiger partial charge on any atom is -0.497 e. The lowest BCUT2D eigenvalue weighted by Gasteiger charge is -2.24. The number of methoxy groups -OCH3 is 1. The van der Waals surface area contributed by atoms with Crippen LogP contribution in [0.4, 0.5) is 0 Å². The highest BCUT2D eigenvalue weighted by Gasteiger charge is 2.12. The first-order valence-electron chi connectivity index (χ1n) is 9.94. The molecule has 1 unspecified atom stereocenters. The van der Waals surface area contributed by atoms with Crippen LogP contribution in [-0.4, -0.2) is 32.1 Å². The van der Waals surface area contributed by atoms with Gasteiger partial charge in [-0.2, -0.15) is 0 Å². The van der Waals surface area contributed by atoms with Crippen LogP contribution in [0.25, 0.3) is 0 Å². The van der Waals surface area contributed by atoms with E-state index in [9.17, 15) is 0 Å². The van der Waals surface area contributed by atoms with Crippen LogP contribution in [-0.2, 0) is 6.42 Å². The van der Waals surface area contributed by atoms with Crippen LogP contribution < -0.4 is 4.74 Å². The third-order valence-electron chi connectivity index (χ3n) is 4.81. The fraction of sp³-hybridized carbons (Fsp3) is 0.652. The molecule has 0 bridgehead atoms. The molecule has 1 atom stereocenters. The molecule has 140 valence electrons. The number of rotatable bonds is 11. The van der Waals surface area contributed by atoms with Gasteiger partial charge in [0.25, 0.3) is 0 Å². The monoisotopic (exact) mass is 343 g/mol. The van der Waals surface area contributed by atoms with Crippen molar-refractivity contribution in [2.45, 2.75) is 77.7 Å². The summed E-state index contributed by atoms with van der Waals surface area (Å²) in [6, 6.07) is 6.95. The number of aryl methyl sites for hydroxylation is 1. The summed E-state index contributed by atoms with van der Waals surface area (Å²) in [7, 11) is 6.14. The Morgan fingerprint density at radius 3 is 2.44 bits per heavy atom. The van der Waals surface area contributed by atoms with Gasteiger partial charge in [-0.1, -0.05) is 51.4 Å². The maximum Gasteiger partial charge on any atom is 0.119 e. The molecule has 0 aromatic heterocycles. The van der Waals surface area contributed by atoms with Crippen LogP contribution >= 0.6 is 0 Å². The molecule has 0 saturated carbocycles. The number of unbranched alkanes of at least 4 members (excludes halogenated alkanes) is 4. The molecular weight excluding hydrogens is 306 g/mol.